The predicted octanol–water partition coefficient (Wildman–Crippen LogP) is 5.00. The summed E-state index contributed by atoms with van der Waals surface area (Å²) in [6.45, 7) is 11.1. The summed E-state index contributed by atoms with van der Waals surface area (Å²) in [5, 5.41) is 17.8. The molecule has 29 heteroatoms. The first kappa shape index (κ1) is 82.8. The molecule has 0 radical (unpaired) electrons. The van der Waals surface area contributed by atoms with Gasteiger partial charge < -0.3 is 60.0 Å². The lowest BCUT2D eigenvalue weighted by molar-refractivity contribution is -0.160. The Hall–Kier alpha value is -9.13. The van der Waals surface area contributed by atoms with Crippen LogP contribution < -0.4 is 16.0 Å². The summed E-state index contributed by atoms with van der Waals surface area (Å²) in [5.41, 5.74) is -0.521. The van der Waals surface area contributed by atoms with Gasteiger partial charge in [0.05, 0.1) is 35.2 Å². The number of rotatable bonds is 12. The molecule has 0 aromatic heterocycles. The zero-order valence-electron chi connectivity index (χ0n) is 62.0. The average molecular weight is 1460 g/mol. The Morgan fingerprint density at radius 1 is 0.680 bits per heavy atom. The van der Waals surface area contributed by atoms with Crippen LogP contribution in [0.2, 0.25) is 5.02 Å². The van der Waals surface area contributed by atoms with Gasteiger partial charge in [0, 0.05) is 82.8 Å². The molecule has 1 spiro atoms. The number of alkyl halides is 3. The zero-order chi connectivity index (χ0) is 77.0. The molecule has 562 valence electrons. The van der Waals surface area contributed by atoms with Crippen molar-refractivity contribution in [2.24, 2.45) is 11.8 Å². The molecule has 0 bridgehead atoms. The van der Waals surface area contributed by atoms with Crippen molar-refractivity contribution in [2.45, 2.75) is 192 Å². The highest BCUT2D eigenvalue weighted by molar-refractivity contribution is 6.31. The predicted molar refractivity (Wildman–Crippen MR) is 378 cm³/mol. The van der Waals surface area contributed by atoms with Crippen molar-refractivity contribution in [3.05, 3.63) is 105 Å². The summed E-state index contributed by atoms with van der Waals surface area (Å²) in [6, 6.07) is 6.31. The van der Waals surface area contributed by atoms with Gasteiger partial charge in [-0.15, -0.1) is 0 Å². The van der Waals surface area contributed by atoms with Gasteiger partial charge in [0.25, 0.3) is 0 Å². The summed E-state index contributed by atoms with van der Waals surface area (Å²) in [6.07, 6.45) is -4.54. The van der Waals surface area contributed by atoms with Gasteiger partial charge in [-0.25, -0.2) is 0 Å². The number of benzene rings is 3. The molecule has 1 saturated carbocycles. The molecule has 3 aromatic rings. The lowest BCUT2D eigenvalue weighted by Crippen LogP contribution is -2.65. The molecular weight excluding hydrogens is 1360 g/mol. The van der Waals surface area contributed by atoms with Crippen LogP contribution in [0.15, 0.2) is 66.7 Å². The third-order valence-electron chi connectivity index (χ3n) is 21.0. The van der Waals surface area contributed by atoms with E-state index < -0.39 is 172 Å². The SMILES string of the molecule is CC[C@H](C)[C@@H]1NC(=O)[C@H](C)N(C)C(=O)C[C@@H](C(=O)N(C)C)N(C)C(=O)[C@H]([C@@H](C)CC)N(C)C(=O)C2(CCCC2)NC(=O)[C@H](Cc2cccc(C#N)c2)N(C)C(=O)[C@H](CCc2ccc(C(F)(F)F)c(Cl)c2)NC(=O)CN(C)C(=O)[C@H](Cc2ccc(C)cc2)N(C)C(=O)C2CCN2C(=O)[C@H](C)N(C)C1=O. The van der Waals surface area contributed by atoms with Crippen LogP contribution >= 0.6 is 11.6 Å². The van der Waals surface area contributed by atoms with Crippen LogP contribution in [0.25, 0.3) is 0 Å². The zero-order valence-corrected chi connectivity index (χ0v) is 62.7. The number of nitriles is 1. The minimum absolute atomic E-state index is 0.0546. The van der Waals surface area contributed by atoms with E-state index in [0.29, 0.717) is 36.8 Å². The highest BCUT2D eigenvalue weighted by Crippen LogP contribution is 2.37. The number of amides is 12. The second-order valence-electron chi connectivity index (χ2n) is 28.2. The van der Waals surface area contributed by atoms with Gasteiger partial charge in [-0.05, 0) is 106 Å². The lowest BCUT2D eigenvalue weighted by atomic mass is 9.90. The largest absolute Gasteiger partial charge is 0.417 e. The summed E-state index contributed by atoms with van der Waals surface area (Å²) in [5.74, 6) is -10.2. The van der Waals surface area contributed by atoms with Crippen LogP contribution in [0.3, 0.4) is 0 Å². The number of carbonyl (C=O) groups excluding carboxylic acids is 12. The standard InChI is InChI=1S/C74H101ClF3N13O12/c1-17-44(4)61-70(101)86(12)47(7)65(96)91-35-32-55(91)69(100)88(14)57(38-49-26-24-43(3)25-27-49)68(99)84(10)42-59(92)80-54(31-29-48-28-30-52(53(75)37-48)74(76,77)78)66(97)87(13)56(39-50-22-21-23-51(36-50)41-79)64(95)82-73(33-19-20-34-73)72(103)90(16)62(45(5)18-2)71(102)89(15)58(67(98)83(8)9)40-60(93)85(11)46(6)63(94)81-61/h21-28,30,36-37,44-47,54-58,61-62H,17-20,29,31-35,38-40,42H2,1-16H3,(H,80,92)(H,81,94)(H,82,95)/t44-,45-,46-,47-,54-,55?,56-,57-,58-,61-,62-/m0/s1. The Kier molecular flexibility index (Phi) is 28.4. The van der Waals surface area contributed by atoms with Gasteiger partial charge in [0.15, 0.2) is 0 Å². The number of fused-ring (bicyclic) bond motifs is 1. The Labute approximate surface area is 607 Å². The van der Waals surface area contributed by atoms with Crippen molar-refractivity contribution < 1.29 is 70.7 Å². The van der Waals surface area contributed by atoms with Gasteiger partial charge in [-0.3, -0.25) is 57.5 Å². The molecule has 2 saturated heterocycles. The van der Waals surface area contributed by atoms with Crippen molar-refractivity contribution >= 4 is 82.5 Å². The van der Waals surface area contributed by atoms with E-state index in [4.69, 9.17) is 11.6 Å². The second kappa shape index (κ2) is 35.4. The lowest BCUT2D eigenvalue weighted by Gasteiger charge is -2.45. The molecule has 2 aliphatic heterocycles. The summed E-state index contributed by atoms with van der Waals surface area (Å²) < 4.78 is 41.9. The van der Waals surface area contributed by atoms with Crippen molar-refractivity contribution in [3.8, 4) is 6.07 Å². The molecule has 2 heterocycles. The first-order chi connectivity index (χ1) is 48.2. The highest BCUT2D eigenvalue weighted by atomic mass is 35.5. The third kappa shape index (κ3) is 19.6. The van der Waals surface area contributed by atoms with Crippen molar-refractivity contribution in [2.75, 3.05) is 76.5 Å². The second-order valence-corrected chi connectivity index (χ2v) is 28.6. The van der Waals surface area contributed by atoms with Gasteiger partial charge in [-0.2, -0.15) is 18.4 Å². The van der Waals surface area contributed by atoms with E-state index in [1.807, 2.05) is 19.1 Å². The molecule has 25 nitrogen and oxygen atoms in total. The van der Waals surface area contributed by atoms with Gasteiger partial charge in [0.1, 0.15) is 59.9 Å². The Morgan fingerprint density at radius 3 is 1.84 bits per heavy atom. The van der Waals surface area contributed by atoms with E-state index in [9.17, 15) is 52.0 Å². The summed E-state index contributed by atoms with van der Waals surface area (Å²) >= 11 is 6.18. The molecule has 3 aromatic carbocycles. The quantitative estimate of drug-likeness (QED) is 0.215. The van der Waals surface area contributed by atoms with Gasteiger partial charge in [-0.1, -0.05) is 113 Å². The van der Waals surface area contributed by atoms with Crippen LogP contribution in [-0.2, 0) is 83.0 Å². The number of halogens is 4. The van der Waals surface area contributed by atoms with Crippen molar-refractivity contribution in [1.29, 1.82) is 5.26 Å². The summed E-state index contributed by atoms with van der Waals surface area (Å²) in [4.78, 5) is 189. The average Bonchev–Trinajstić information content (AvgIpc) is 1.32. The van der Waals surface area contributed by atoms with E-state index >= 15 is 24.0 Å². The minimum Gasteiger partial charge on any atom is -0.347 e. The first-order valence-electron chi connectivity index (χ1n) is 34.9. The molecule has 3 aliphatic rings. The fourth-order valence-electron chi connectivity index (χ4n) is 13.4. The highest BCUT2D eigenvalue weighted by Gasteiger charge is 2.51. The number of carbonyl (C=O) groups is 12. The topological polar surface area (TPSA) is 294 Å². The van der Waals surface area contributed by atoms with Crippen LogP contribution in [0, 0.1) is 30.1 Å². The fraction of sp³-hybridized carbons (Fsp3) is 0.581. The maximum Gasteiger partial charge on any atom is 0.417 e. The smallest absolute Gasteiger partial charge is 0.347 e. The third-order valence-corrected chi connectivity index (χ3v) is 21.3. The molecule has 6 rings (SSSR count). The number of nitrogens with zero attached hydrogens (tertiary/aromatic N) is 10. The summed E-state index contributed by atoms with van der Waals surface area (Å²) in [7, 11) is 12.3. The number of hydrogen-bond donors (Lipinski definition) is 3. The number of nitrogens with one attached hydrogen (secondary N) is 3. The Morgan fingerprint density at radius 2 is 1.28 bits per heavy atom. The van der Waals surface area contributed by atoms with Crippen LogP contribution in [-0.4, -0.2) is 251 Å². The number of aryl methyl sites for hydroxylation is 2. The van der Waals surface area contributed by atoms with Crippen LogP contribution in [0.5, 0.6) is 0 Å². The van der Waals surface area contributed by atoms with Gasteiger partial charge in [0.2, 0.25) is 70.9 Å². The van der Waals surface area contributed by atoms with Crippen molar-refractivity contribution in [3.63, 3.8) is 0 Å². The molecule has 11 atom stereocenters. The number of likely N-dealkylation sites (N-methyl/N-ethyl adjacent to an activating group) is 8. The molecule has 1 aliphatic carbocycles. The van der Waals surface area contributed by atoms with Crippen LogP contribution in [0.4, 0.5) is 13.2 Å². The molecule has 103 heavy (non-hydrogen) atoms. The molecule has 1 unspecified atom stereocenters. The normalized spacial score (nSPS) is 24.8. The number of hydrogen-bond acceptors (Lipinski definition) is 13. The van der Waals surface area contributed by atoms with Crippen LogP contribution in [0.1, 0.15) is 133 Å². The molecule has 3 N–H and O–H groups in total. The van der Waals surface area contributed by atoms with E-state index in [-0.39, 0.29) is 62.6 Å². The maximum atomic E-state index is 15.6. The van der Waals surface area contributed by atoms with E-state index in [0.717, 1.165) is 37.3 Å². The monoisotopic (exact) mass is 1460 g/mol. The Bertz CT molecular complexity index is 3700. The maximum absolute atomic E-state index is 15.6. The van der Waals surface area contributed by atoms with E-state index in [2.05, 4.69) is 22.0 Å². The Balaban J connectivity index is 1.49. The minimum atomic E-state index is -4.81. The molecule has 3 fully saturated rings. The fourth-order valence-corrected chi connectivity index (χ4v) is 13.7. The van der Waals surface area contributed by atoms with E-state index in [1.54, 1.807) is 52.0 Å². The molecule has 12 amide bonds. The van der Waals surface area contributed by atoms with E-state index in [1.165, 1.54) is 120 Å². The first-order valence-corrected chi connectivity index (χ1v) is 35.3. The van der Waals surface area contributed by atoms with Crippen molar-refractivity contribution in [1.82, 2.24) is 60.0 Å². The van der Waals surface area contributed by atoms with Gasteiger partial charge >= 0.3 is 6.18 Å². The molecular formula is C74H101ClF3N13O12.